The smallest absolute Gasteiger partial charge is 0.312 e. The Morgan fingerprint density at radius 3 is 2.84 bits per heavy atom. The minimum atomic E-state index is -0.573. The second-order valence-corrected chi connectivity index (χ2v) is 5.34. The van der Waals surface area contributed by atoms with Gasteiger partial charge in [0.25, 0.3) is 5.56 Å². The molecule has 0 saturated heterocycles. The van der Waals surface area contributed by atoms with E-state index in [1.807, 2.05) is 0 Å². The lowest BCUT2D eigenvalue weighted by molar-refractivity contribution is -0.152. The zero-order chi connectivity index (χ0) is 14.2. The van der Waals surface area contributed by atoms with Crippen LogP contribution in [-0.4, -0.2) is 29.3 Å². The molecule has 19 heavy (non-hydrogen) atoms. The number of H-pyrrole nitrogens is 1. The first-order valence-corrected chi connectivity index (χ1v) is 5.85. The molecule has 0 spiro atoms. The van der Waals surface area contributed by atoms with Gasteiger partial charge in [-0.05, 0) is 20.8 Å². The first-order valence-electron chi connectivity index (χ1n) is 5.85. The summed E-state index contributed by atoms with van der Waals surface area (Å²) in [6.07, 6.45) is 0. The van der Waals surface area contributed by atoms with Crippen LogP contribution in [-0.2, 0) is 9.53 Å². The van der Waals surface area contributed by atoms with E-state index >= 15 is 0 Å². The summed E-state index contributed by atoms with van der Waals surface area (Å²) in [5.74, 6) is 0.0984. The van der Waals surface area contributed by atoms with E-state index < -0.39 is 5.41 Å². The number of fused-ring (bicyclic) bond motifs is 1. The number of aromatic amines is 1. The molecule has 0 saturated carbocycles. The van der Waals surface area contributed by atoms with Crippen molar-refractivity contribution in [3.8, 4) is 0 Å². The topological polar surface area (TPSA) is 113 Å². The number of aromatic nitrogens is 2. The average Bonchev–Trinajstić information content (AvgIpc) is 2.67. The predicted octanol–water partition coefficient (Wildman–Crippen LogP) is 0.0883. The number of anilines is 3. The van der Waals surface area contributed by atoms with E-state index in [0.29, 0.717) is 18.2 Å². The third kappa shape index (κ3) is 2.61. The van der Waals surface area contributed by atoms with Crippen molar-refractivity contribution in [2.24, 2.45) is 5.41 Å². The molecule has 2 rings (SSSR count). The van der Waals surface area contributed by atoms with Crippen LogP contribution in [0.1, 0.15) is 20.8 Å². The second kappa shape index (κ2) is 4.45. The molecule has 8 heteroatoms. The van der Waals surface area contributed by atoms with Crippen molar-refractivity contribution in [2.45, 2.75) is 20.8 Å². The average molecular weight is 267 g/mol. The number of nitrogens with two attached hydrogens (primary N) is 1. The summed E-state index contributed by atoms with van der Waals surface area (Å²) in [5.41, 5.74) is 4.91. The van der Waals surface area contributed by atoms with Gasteiger partial charge in [0.15, 0.2) is 12.5 Å². The monoisotopic (exact) mass is 267 g/mol. The molecule has 0 amide bonds. The van der Waals surface area contributed by atoms with E-state index in [1.165, 1.54) is 0 Å². The molecule has 0 fully saturated rings. The van der Waals surface area contributed by atoms with Crippen molar-refractivity contribution in [1.29, 1.82) is 0 Å². The number of esters is 1. The molecule has 8 nitrogen and oxygen atoms in total. The molecule has 1 aliphatic heterocycles. The summed E-state index contributed by atoms with van der Waals surface area (Å²) in [4.78, 5) is 31.3. The molecule has 1 aliphatic rings. The van der Waals surface area contributed by atoms with Crippen molar-refractivity contribution in [1.82, 2.24) is 9.97 Å². The number of ether oxygens (including phenoxy) is 1. The Labute approximate surface area is 110 Å². The van der Waals surface area contributed by atoms with E-state index in [-0.39, 0.29) is 24.2 Å². The summed E-state index contributed by atoms with van der Waals surface area (Å²) >= 11 is 0. The van der Waals surface area contributed by atoms with Gasteiger partial charge in [-0.3, -0.25) is 14.6 Å². The van der Waals surface area contributed by atoms with Gasteiger partial charge in [0, 0.05) is 0 Å². The minimum absolute atomic E-state index is 0.0198. The number of carbonyl (C=O) groups is 1. The lowest BCUT2D eigenvalue weighted by atomic mass is 9.98. The highest BCUT2D eigenvalue weighted by atomic mass is 16.5. The van der Waals surface area contributed by atoms with Gasteiger partial charge in [-0.1, -0.05) is 0 Å². The van der Waals surface area contributed by atoms with Crippen LogP contribution in [0.15, 0.2) is 4.79 Å². The zero-order valence-corrected chi connectivity index (χ0v) is 11.1. The predicted molar refractivity (Wildman–Crippen MR) is 70.7 cm³/mol. The maximum atomic E-state index is 11.7. The zero-order valence-electron chi connectivity index (χ0n) is 11.1. The Bertz CT molecular complexity index is 560. The van der Waals surface area contributed by atoms with Crippen LogP contribution in [0.5, 0.6) is 0 Å². The Morgan fingerprint density at radius 2 is 2.21 bits per heavy atom. The fourth-order valence-electron chi connectivity index (χ4n) is 1.58. The molecule has 0 aromatic carbocycles. The number of carbonyl (C=O) groups excluding carboxylic acids is 1. The summed E-state index contributed by atoms with van der Waals surface area (Å²) in [6, 6.07) is 0. The van der Waals surface area contributed by atoms with E-state index in [2.05, 4.69) is 15.3 Å². The van der Waals surface area contributed by atoms with Crippen LogP contribution in [0, 0.1) is 5.41 Å². The number of nitrogens with one attached hydrogen (secondary N) is 2. The fraction of sp³-hybridized carbons (Fsp3) is 0.545. The fourth-order valence-corrected chi connectivity index (χ4v) is 1.58. The number of nitrogens with zero attached hydrogens (tertiary/aromatic N) is 2. The normalized spacial score (nSPS) is 13.9. The first-order chi connectivity index (χ1) is 8.79. The van der Waals surface area contributed by atoms with E-state index in [0.717, 1.165) is 0 Å². The van der Waals surface area contributed by atoms with Gasteiger partial charge < -0.3 is 20.7 Å². The molecule has 0 aliphatic carbocycles. The van der Waals surface area contributed by atoms with Crippen molar-refractivity contribution in [3.05, 3.63) is 10.4 Å². The lowest BCUT2D eigenvalue weighted by Crippen LogP contribution is -2.32. The van der Waals surface area contributed by atoms with Gasteiger partial charge in [0.2, 0.25) is 5.95 Å². The second-order valence-electron chi connectivity index (χ2n) is 5.34. The van der Waals surface area contributed by atoms with Gasteiger partial charge in [-0.2, -0.15) is 4.98 Å². The third-order valence-corrected chi connectivity index (χ3v) is 2.63. The maximum absolute atomic E-state index is 11.7. The molecule has 2 heterocycles. The van der Waals surface area contributed by atoms with Gasteiger partial charge in [-0.15, -0.1) is 0 Å². The van der Waals surface area contributed by atoms with E-state index in [9.17, 15) is 9.59 Å². The van der Waals surface area contributed by atoms with Gasteiger partial charge in [-0.25, -0.2) is 0 Å². The third-order valence-electron chi connectivity index (χ3n) is 2.63. The Morgan fingerprint density at radius 1 is 1.53 bits per heavy atom. The van der Waals surface area contributed by atoms with Crippen LogP contribution in [0.2, 0.25) is 0 Å². The van der Waals surface area contributed by atoms with Gasteiger partial charge in [0.1, 0.15) is 5.69 Å². The molecule has 0 unspecified atom stereocenters. The molecular formula is C11H17N5O3. The largest absolute Gasteiger partial charge is 0.444 e. The van der Waals surface area contributed by atoms with Crippen LogP contribution >= 0.6 is 0 Å². The van der Waals surface area contributed by atoms with Gasteiger partial charge >= 0.3 is 5.97 Å². The highest BCUT2D eigenvalue weighted by Crippen LogP contribution is 2.25. The molecule has 1 aromatic heterocycles. The van der Waals surface area contributed by atoms with Crippen LogP contribution in [0.4, 0.5) is 17.5 Å². The summed E-state index contributed by atoms with van der Waals surface area (Å²) in [7, 11) is 0. The van der Waals surface area contributed by atoms with Crippen molar-refractivity contribution in [3.63, 3.8) is 0 Å². The van der Waals surface area contributed by atoms with Crippen LogP contribution in [0.3, 0.4) is 0 Å². The Balaban J connectivity index is 2.11. The minimum Gasteiger partial charge on any atom is -0.444 e. The van der Waals surface area contributed by atoms with Crippen molar-refractivity contribution >= 4 is 23.4 Å². The summed E-state index contributed by atoms with van der Waals surface area (Å²) in [5, 5.41) is 2.88. The Hall–Kier alpha value is -2.25. The van der Waals surface area contributed by atoms with Crippen LogP contribution < -0.4 is 21.5 Å². The molecule has 4 N–H and O–H groups in total. The number of nitrogen functional groups attached to an aromatic ring is 1. The molecular weight excluding hydrogens is 250 g/mol. The van der Waals surface area contributed by atoms with E-state index in [1.54, 1.807) is 25.7 Å². The maximum Gasteiger partial charge on any atom is 0.312 e. The van der Waals surface area contributed by atoms with Crippen molar-refractivity contribution < 1.29 is 9.53 Å². The standard InChI is InChI=1S/C11H17N5O3/c1-11(2,3)9(18)19-5-16-4-13-6-7(16)14-10(12)15-8(6)17/h13H,4-5H2,1-3H3,(H3,12,14,15,17). The van der Waals surface area contributed by atoms with Crippen molar-refractivity contribution in [2.75, 3.05) is 29.3 Å². The number of rotatable bonds is 2. The number of hydrogen-bond acceptors (Lipinski definition) is 7. The SMILES string of the molecule is CC(C)(C)C(=O)OCN1CNc2c1nc(N)[nH]c2=O. The first kappa shape index (κ1) is 13.2. The molecule has 1 aromatic rings. The van der Waals surface area contributed by atoms with E-state index in [4.69, 9.17) is 10.5 Å². The quantitative estimate of drug-likeness (QED) is 0.650. The summed E-state index contributed by atoms with van der Waals surface area (Å²) < 4.78 is 5.18. The molecule has 0 bridgehead atoms. The lowest BCUT2D eigenvalue weighted by Gasteiger charge is -2.21. The Kier molecular flexibility index (Phi) is 3.09. The number of hydrogen-bond donors (Lipinski definition) is 3. The molecule has 0 atom stereocenters. The molecule has 104 valence electrons. The van der Waals surface area contributed by atoms with Crippen LogP contribution in [0.25, 0.3) is 0 Å². The highest BCUT2D eigenvalue weighted by Gasteiger charge is 2.27. The molecule has 0 radical (unpaired) electrons. The summed E-state index contributed by atoms with van der Waals surface area (Å²) in [6.45, 7) is 5.67. The highest BCUT2D eigenvalue weighted by molar-refractivity contribution is 5.76. The van der Waals surface area contributed by atoms with Gasteiger partial charge in [0.05, 0.1) is 12.1 Å².